The van der Waals surface area contributed by atoms with Gasteiger partial charge in [0.15, 0.2) is 5.75 Å². The average Bonchev–Trinajstić information content (AvgIpc) is 2.44. The Labute approximate surface area is 120 Å². The zero-order valence-corrected chi connectivity index (χ0v) is 11.0. The van der Waals surface area contributed by atoms with Gasteiger partial charge in [-0.1, -0.05) is 29.8 Å². The summed E-state index contributed by atoms with van der Waals surface area (Å²) in [6.07, 6.45) is 0. The lowest BCUT2D eigenvalue weighted by Gasteiger charge is -2.10. The fourth-order valence-corrected chi connectivity index (χ4v) is 1.76. The van der Waals surface area contributed by atoms with E-state index in [0.717, 1.165) is 0 Å². The van der Waals surface area contributed by atoms with Gasteiger partial charge >= 0.3 is 6.03 Å². The second-order valence-corrected chi connectivity index (χ2v) is 4.28. The number of nitriles is 1. The van der Waals surface area contributed by atoms with E-state index in [0.29, 0.717) is 10.7 Å². The van der Waals surface area contributed by atoms with Gasteiger partial charge in [0, 0.05) is 0 Å². The van der Waals surface area contributed by atoms with Crippen LogP contribution in [0.4, 0.5) is 16.2 Å². The highest BCUT2D eigenvalue weighted by Gasteiger charge is 2.10. The fraction of sp³-hybridized carbons (Fsp3) is 0. The number of nitrogens with zero attached hydrogens (tertiary/aromatic N) is 1. The predicted octanol–water partition coefficient (Wildman–Crippen LogP) is 3.56. The first-order valence-electron chi connectivity index (χ1n) is 5.66. The normalized spacial score (nSPS) is 9.60. The van der Waals surface area contributed by atoms with Crippen LogP contribution in [0.25, 0.3) is 0 Å². The Hall–Kier alpha value is -2.71. The molecule has 2 aromatic carbocycles. The molecule has 0 aliphatic rings. The standard InChI is InChI=1S/C14H10ClN3O2/c15-10-5-1-2-6-11(10)17-14(20)18-12-7-3-4-9(8-16)13(12)19/h1-7,19H,(H2,17,18,20). The molecule has 0 spiro atoms. The van der Waals surface area contributed by atoms with Gasteiger partial charge in [-0.15, -0.1) is 0 Å². The van der Waals surface area contributed by atoms with Gasteiger partial charge in [0.1, 0.15) is 6.07 Å². The zero-order valence-electron chi connectivity index (χ0n) is 10.2. The number of carbonyl (C=O) groups is 1. The Balaban J connectivity index is 2.14. The number of hydrogen-bond acceptors (Lipinski definition) is 3. The Morgan fingerprint density at radius 2 is 1.75 bits per heavy atom. The number of benzene rings is 2. The second kappa shape index (κ2) is 5.95. The van der Waals surface area contributed by atoms with Crippen LogP contribution in [-0.2, 0) is 0 Å². The number of aromatic hydroxyl groups is 1. The quantitative estimate of drug-likeness (QED) is 0.738. The Morgan fingerprint density at radius 3 is 2.45 bits per heavy atom. The molecule has 0 fully saturated rings. The van der Waals surface area contributed by atoms with E-state index in [2.05, 4.69) is 10.6 Å². The van der Waals surface area contributed by atoms with Crippen molar-refractivity contribution in [2.24, 2.45) is 0 Å². The van der Waals surface area contributed by atoms with Crippen LogP contribution in [-0.4, -0.2) is 11.1 Å². The monoisotopic (exact) mass is 287 g/mol. The van der Waals surface area contributed by atoms with Crippen molar-refractivity contribution in [3.8, 4) is 11.8 Å². The molecular weight excluding hydrogens is 278 g/mol. The van der Waals surface area contributed by atoms with Gasteiger partial charge in [0.2, 0.25) is 0 Å². The molecular formula is C14H10ClN3O2. The van der Waals surface area contributed by atoms with Crippen LogP contribution in [0.5, 0.6) is 5.75 Å². The number of urea groups is 1. The summed E-state index contributed by atoms with van der Waals surface area (Å²) in [7, 11) is 0. The van der Waals surface area contributed by atoms with Gasteiger partial charge in [-0.05, 0) is 24.3 Å². The van der Waals surface area contributed by atoms with Crippen LogP contribution in [0.1, 0.15) is 5.56 Å². The topological polar surface area (TPSA) is 85.2 Å². The minimum atomic E-state index is -0.566. The molecule has 5 nitrogen and oxygen atoms in total. The lowest BCUT2D eigenvalue weighted by atomic mass is 10.2. The Kier molecular flexibility index (Phi) is 4.08. The molecule has 0 aliphatic heterocycles. The number of rotatable bonds is 2. The average molecular weight is 288 g/mol. The lowest BCUT2D eigenvalue weighted by molar-refractivity contribution is 0.262. The molecule has 3 N–H and O–H groups in total. The van der Waals surface area contributed by atoms with E-state index in [-0.39, 0.29) is 17.0 Å². The summed E-state index contributed by atoms with van der Waals surface area (Å²) in [6, 6.07) is 12.5. The van der Waals surface area contributed by atoms with E-state index in [1.807, 2.05) is 6.07 Å². The molecule has 0 aliphatic carbocycles. The van der Waals surface area contributed by atoms with Gasteiger partial charge in [-0.25, -0.2) is 4.79 Å². The highest BCUT2D eigenvalue weighted by Crippen LogP contribution is 2.27. The molecule has 0 atom stereocenters. The molecule has 20 heavy (non-hydrogen) atoms. The molecule has 2 rings (SSSR count). The molecule has 0 saturated heterocycles. The van der Waals surface area contributed by atoms with E-state index in [4.69, 9.17) is 16.9 Å². The lowest BCUT2D eigenvalue weighted by Crippen LogP contribution is -2.19. The molecule has 0 saturated carbocycles. The maximum atomic E-state index is 11.8. The summed E-state index contributed by atoms with van der Waals surface area (Å²) in [5.74, 6) is -0.274. The number of phenolic OH excluding ortho intramolecular Hbond substituents is 1. The molecule has 0 heterocycles. The van der Waals surface area contributed by atoms with E-state index < -0.39 is 6.03 Å². The molecule has 0 unspecified atom stereocenters. The summed E-state index contributed by atoms with van der Waals surface area (Å²) < 4.78 is 0. The molecule has 0 radical (unpaired) electrons. The van der Waals surface area contributed by atoms with E-state index in [9.17, 15) is 9.90 Å². The smallest absolute Gasteiger partial charge is 0.323 e. The van der Waals surface area contributed by atoms with Gasteiger partial charge in [-0.3, -0.25) is 0 Å². The zero-order chi connectivity index (χ0) is 14.5. The van der Waals surface area contributed by atoms with Crippen molar-refractivity contribution in [1.82, 2.24) is 0 Å². The third-order valence-electron chi connectivity index (χ3n) is 2.53. The van der Waals surface area contributed by atoms with E-state index in [1.54, 1.807) is 30.3 Å². The minimum Gasteiger partial charge on any atom is -0.504 e. The molecule has 0 bridgehead atoms. The molecule has 0 aromatic heterocycles. The number of phenols is 1. The summed E-state index contributed by atoms with van der Waals surface area (Å²) in [4.78, 5) is 11.8. The van der Waals surface area contributed by atoms with Gasteiger partial charge in [0.25, 0.3) is 0 Å². The Bertz CT molecular complexity index is 695. The number of amides is 2. The fourth-order valence-electron chi connectivity index (χ4n) is 1.57. The number of hydrogen-bond donors (Lipinski definition) is 3. The summed E-state index contributed by atoms with van der Waals surface area (Å²) in [5, 5.41) is 24.0. The van der Waals surface area contributed by atoms with Gasteiger partial charge < -0.3 is 15.7 Å². The summed E-state index contributed by atoms with van der Waals surface area (Å²) in [5.41, 5.74) is 0.678. The number of halogens is 1. The van der Waals surface area contributed by atoms with Crippen LogP contribution in [0.15, 0.2) is 42.5 Å². The first-order valence-corrected chi connectivity index (χ1v) is 6.04. The SMILES string of the molecule is N#Cc1cccc(NC(=O)Nc2ccccc2Cl)c1O. The van der Waals surface area contributed by atoms with Crippen LogP contribution >= 0.6 is 11.6 Å². The maximum Gasteiger partial charge on any atom is 0.323 e. The maximum absolute atomic E-state index is 11.8. The van der Waals surface area contributed by atoms with Crippen LogP contribution in [0, 0.1) is 11.3 Å². The van der Waals surface area contributed by atoms with Crippen molar-refractivity contribution in [2.75, 3.05) is 10.6 Å². The third-order valence-corrected chi connectivity index (χ3v) is 2.86. The molecule has 100 valence electrons. The Morgan fingerprint density at radius 1 is 1.10 bits per heavy atom. The van der Waals surface area contributed by atoms with E-state index >= 15 is 0 Å². The molecule has 2 aromatic rings. The van der Waals surface area contributed by atoms with Crippen molar-refractivity contribution in [3.63, 3.8) is 0 Å². The van der Waals surface area contributed by atoms with Crippen LogP contribution in [0.2, 0.25) is 5.02 Å². The highest BCUT2D eigenvalue weighted by atomic mass is 35.5. The number of nitrogens with one attached hydrogen (secondary N) is 2. The first-order chi connectivity index (χ1) is 9.61. The van der Waals surface area contributed by atoms with Crippen molar-refractivity contribution in [1.29, 1.82) is 5.26 Å². The number of para-hydroxylation sites is 2. The minimum absolute atomic E-state index is 0.0838. The van der Waals surface area contributed by atoms with Crippen molar-refractivity contribution in [2.45, 2.75) is 0 Å². The van der Waals surface area contributed by atoms with Crippen molar-refractivity contribution >= 4 is 29.0 Å². The van der Waals surface area contributed by atoms with Gasteiger partial charge in [0.05, 0.1) is 22.0 Å². The third kappa shape index (κ3) is 2.99. The predicted molar refractivity (Wildman–Crippen MR) is 76.9 cm³/mol. The van der Waals surface area contributed by atoms with E-state index in [1.165, 1.54) is 12.1 Å². The largest absolute Gasteiger partial charge is 0.504 e. The summed E-state index contributed by atoms with van der Waals surface area (Å²) in [6.45, 7) is 0. The van der Waals surface area contributed by atoms with Gasteiger partial charge in [-0.2, -0.15) is 5.26 Å². The summed E-state index contributed by atoms with van der Waals surface area (Å²) >= 11 is 5.92. The number of carbonyl (C=O) groups excluding carboxylic acids is 1. The first kappa shape index (κ1) is 13.7. The number of anilines is 2. The molecule has 6 heteroatoms. The van der Waals surface area contributed by atoms with Crippen molar-refractivity contribution < 1.29 is 9.90 Å². The van der Waals surface area contributed by atoms with Crippen LogP contribution in [0.3, 0.4) is 0 Å². The second-order valence-electron chi connectivity index (χ2n) is 3.87. The highest BCUT2D eigenvalue weighted by molar-refractivity contribution is 6.33. The molecule has 2 amide bonds. The van der Waals surface area contributed by atoms with Crippen molar-refractivity contribution in [3.05, 3.63) is 53.1 Å². The van der Waals surface area contributed by atoms with Crippen LogP contribution < -0.4 is 10.6 Å².